The van der Waals surface area contributed by atoms with Crippen molar-refractivity contribution in [3.8, 4) is 0 Å². The summed E-state index contributed by atoms with van der Waals surface area (Å²) in [4.78, 5) is 0. The van der Waals surface area contributed by atoms with E-state index in [4.69, 9.17) is 10.8 Å². The lowest BCUT2D eigenvalue weighted by atomic mass is 10.0. The molecular weight excluding hydrogens is 212 g/mol. The average molecular weight is 236 g/mol. The van der Waals surface area contributed by atoms with Crippen LogP contribution in [-0.4, -0.2) is 30.3 Å². The highest BCUT2D eigenvalue weighted by molar-refractivity contribution is 5.16. The Labute approximate surface area is 104 Å². The van der Waals surface area contributed by atoms with Crippen molar-refractivity contribution in [2.75, 3.05) is 13.2 Å². The standard InChI is InChI=1S/C14H24N2O/c1-2-13(8-9-17)16-14(11-15)10-12-6-4-3-5-7-12/h3-7,13-14,16-17H,2,8-11,15H2,1H3. The Balaban J connectivity index is 2.48. The molecule has 0 aliphatic rings. The molecule has 0 spiro atoms. The summed E-state index contributed by atoms with van der Waals surface area (Å²) in [6, 6.07) is 11.0. The highest BCUT2D eigenvalue weighted by Gasteiger charge is 2.12. The Hall–Kier alpha value is -0.900. The van der Waals surface area contributed by atoms with Crippen LogP contribution >= 0.6 is 0 Å². The Morgan fingerprint density at radius 1 is 1.24 bits per heavy atom. The third-order valence-electron chi connectivity index (χ3n) is 3.05. The maximum Gasteiger partial charge on any atom is 0.0445 e. The van der Waals surface area contributed by atoms with Gasteiger partial charge in [-0.2, -0.15) is 0 Å². The first kappa shape index (κ1) is 14.2. The topological polar surface area (TPSA) is 58.3 Å². The van der Waals surface area contributed by atoms with Crippen LogP contribution in [0.3, 0.4) is 0 Å². The van der Waals surface area contributed by atoms with Gasteiger partial charge in [-0.05, 0) is 24.8 Å². The van der Waals surface area contributed by atoms with Gasteiger partial charge in [-0.3, -0.25) is 0 Å². The Kier molecular flexibility index (Phi) is 6.86. The average Bonchev–Trinajstić information content (AvgIpc) is 2.38. The van der Waals surface area contributed by atoms with E-state index in [-0.39, 0.29) is 12.6 Å². The number of nitrogens with two attached hydrogens (primary N) is 1. The number of nitrogens with one attached hydrogen (secondary N) is 1. The van der Waals surface area contributed by atoms with Crippen LogP contribution in [0.5, 0.6) is 0 Å². The summed E-state index contributed by atoms with van der Waals surface area (Å²) in [6.45, 7) is 2.98. The molecule has 0 bridgehead atoms. The molecule has 0 aliphatic heterocycles. The second-order valence-electron chi connectivity index (χ2n) is 4.41. The third kappa shape index (κ3) is 5.31. The van der Waals surface area contributed by atoms with E-state index < -0.39 is 0 Å². The largest absolute Gasteiger partial charge is 0.396 e. The molecular formula is C14H24N2O. The smallest absolute Gasteiger partial charge is 0.0445 e. The van der Waals surface area contributed by atoms with E-state index in [1.807, 2.05) is 18.2 Å². The van der Waals surface area contributed by atoms with Gasteiger partial charge >= 0.3 is 0 Å². The van der Waals surface area contributed by atoms with E-state index in [0.29, 0.717) is 12.6 Å². The van der Waals surface area contributed by atoms with Crippen molar-refractivity contribution in [2.45, 2.75) is 38.3 Å². The minimum atomic E-state index is 0.230. The number of benzene rings is 1. The van der Waals surface area contributed by atoms with Crippen molar-refractivity contribution in [1.29, 1.82) is 0 Å². The number of aliphatic hydroxyl groups is 1. The van der Waals surface area contributed by atoms with Gasteiger partial charge in [0.2, 0.25) is 0 Å². The summed E-state index contributed by atoms with van der Waals surface area (Å²) < 4.78 is 0. The fourth-order valence-electron chi connectivity index (χ4n) is 2.00. The molecule has 1 rings (SSSR count). The third-order valence-corrected chi connectivity index (χ3v) is 3.05. The summed E-state index contributed by atoms with van der Waals surface area (Å²) in [6.07, 6.45) is 2.76. The molecule has 0 saturated heterocycles. The van der Waals surface area contributed by atoms with Crippen molar-refractivity contribution in [3.05, 3.63) is 35.9 Å². The molecule has 0 aliphatic carbocycles. The van der Waals surface area contributed by atoms with E-state index in [9.17, 15) is 0 Å². The number of hydrogen-bond donors (Lipinski definition) is 3. The minimum absolute atomic E-state index is 0.230. The van der Waals surface area contributed by atoms with Gasteiger partial charge in [0, 0.05) is 25.2 Å². The van der Waals surface area contributed by atoms with Crippen LogP contribution in [0.1, 0.15) is 25.3 Å². The summed E-state index contributed by atoms with van der Waals surface area (Å²) in [5.74, 6) is 0. The fraction of sp³-hybridized carbons (Fsp3) is 0.571. The van der Waals surface area contributed by atoms with E-state index in [0.717, 1.165) is 19.3 Å². The van der Waals surface area contributed by atoms with E-state index in [2.05, 4.69) is 24.4 Å². The molecule has 2 atom stereocenters. The van der Waals surface area contributed by atoms with Crippen LogP contribution in [0.15, 0.2) is 30.3 Å². The van der Waals surface area contributed by atoms with Crippen LogP contribution in [0.4, 0.5) is 0 Å². The first-order chi connectivity index (χ1) is 8.30. The van der Waals surface area contributed by atoms with Gasteiger partial charge < -0.3 is 16.2 Å². The molecule has 17 heavy (non-hydrogen) atoms. The van der Waals surface area contributed by atoms with E-state index >= 15 is 0 Å². The fourth-order valence-corrected chi connectivity index (χ4v) is 2.00. The monoisotopic (exact) mass is 236 g/mol. The molecule has 0 amide bonds. The van der Waals surface area contributed by atoms with Crippen LogP contribution in [0, 0.1) is 0 Å². The van der Waals surface area contributed by atoms with Crippen molar-refractivity contribution in [1.82, 2.24) is 5.32 Å². The molecule has 0 fully saturated rings. The maximum atomic E-state index is 8.97. The van der Waals surface area contributed by atoms with Gasteiger partial charge in [-0.15, -0.1) is 0 Å². The van der Waals surface area contributed by atoms with Gasteiger partial charge in [-0.25, -0.2) is 0 Å². The molecule has 96 valence electrons. The van der Waals surface area contributed by atoms with Crippen molar-refractivity contribution >= 4 is 0 Å². The molecule has 1 aromatic carbocycles. The van der Waals surface area contributed by atoms with Crippen molar-refractivity contribution in [2.24, 2.45) is 5.73 Å². The number of rotatable bonds is 8. The summed E-state index contributed by atoms with van der Waals surface area (Å²) in [5.41, 5.74) is 7.10. The molecule has 3 heteroatoms. The van der Waals surface area contributed by atoms with Crippen LogP contribution in [-0.2, 0) is 6.42 Å². The normalized spacial score (nSPS) is 14.5. The summed E-state index contributed by atoms with van der Waals surface area (Å²) in [7, 11) is 0. The first-order valence-electron chi connectivity index (χ1n) is 6.41. The predicted molar refractivity (Wildman–Crippen MR) is 71.9 cm³/mol. The highest BCUT2D eigenvalue weighted by Crippen LogP contribution is 2.05. The molecule has 1 aromatic rings. The maximum absolute atomic E-state index is 8.97. The zero-order valence-electron chi connectivity index (χ0n) is 10.6. The molecule has 0 heterocycles. The molecule has 0 saturated carbocycles. The summed E-state index contributed by atoms with van der Waals surface area (Å²) >= 11 is 0. The minimum Gasteiger partial charge on any atom is -0.396 e. The Morgan fingerprint density at radius 3 is 2.47 bits per heavy atom. The lowest BCUT2D eigenvalue weighted by Crippen LogP contribution is -2.44. The van der Waals surface area contributed by atoms with Crippen LogP contribution in [0.2, 0.25) is 0 Å². The lowest BCUT2D eigenvalue weighted by molar-refractivity contribution is 0.255. The van der Waals surface area contributed by atoms with Crippen LogP contribution in [0.25, 0.3) is 0 Å². The van der Waals surface area contributed by atoms with Gasteiger partial charge in [0.15, 0.2) is 0 Å². The molecule has 0 aromatic heterocycles. The van der Waals surface area contributed by atoms with Gasteiger partial charge in [0.05, 0.1) is 0 Å². The highest BCUT2D eigenvalue weighted by atomic mass is 16.3. The molecule has 3 nitrogen and oxygen atoms in total. The summed E-state index contributed by atoms with van der Waals surface area (Å²) in [5, 5.41) is 12.5. The molecule has 2 unspecified atom stereocenters. The quantitative estimate of drug-likeness (QED) is 0.638. The second-order valence-corrected chi connectivity index (χ2v) is 4.41. The lowest BCUT2D eigenvalue weighted by Gasteiger charge is -2.23. The SMILES string of the molecule is CCC(CCO)NC(CN)Cc1ccccc1. The van der Waals surface area contributed by atoms with Crippen molar-refractivity contribution < 1.29 is 5.11 Å². The van der Waals surface area contributed by atoms with Crippen molar-refractivity contribution in [3.63, 3.8) is 0 Å². The second kappa shape index (κ2) is 8.23. The first-order valence-corrected chi connectivity index (χ1v) is 6.41. The van der Waals surface area contributed by atoms with E-state index in [1.165, 1.54) is 5.56 Å². The molecule has 4 N–H and O–H groups in total. The molecule has 0 radical (unpaired) electrons. The zero-order valence-corrected chi connectivity index (χ0v) is 10.6. The number of aliphatic hydroxyl groups excluding tert-OH is 1. The Bertz CT molecular complexity index is 290. The van der Waals surface area contributed by atoms with E-state index in [1.54, 1.807) is 0 Å². The zero-order chi connectivity index (χ0) is 12.5. The van der Waals surface area contributed by atoms with Gasteiger partial charge in [0.25, 0.3) is 0 Å². The Morgan fingerprint density at radius 2 is 1.94 bits per heavy atom. The van der Waals surface area contributed by atoms with Gasteiger partial charge in [-0.1, -0.05) is 37.3 Å². The predicted octanol–water partition coefficient (Wildman–Crippen LogP) is 1.31. The van der Waals surface area contributed by atoms with Gasteiger partial charge in [0.1, 0.15) is 0 Å². The van der Waals surface area contributed by atoms with Crippen LogP contribution < -0.4 is 11.1 Å². The number of hydrogen-bond acceptors (Lipinski definition) is 3.